The van der Waals surface area contributed by atoms with Crippen LogP contribution in [0.3, 0.4) is 0 Å². The third-order valence-electron chi connectivity index (χ3n) is 3.65. The first-order valence-corrected chi connectivity index (χ1v) is 8.73. The summed E-state index contributed by atoms with van der Waals surface area (Å²) in [5.74, 6) is -2.48. The Morgan fingerprint density at radius 3 is 2.24 bits per heavy atom. The standard InChI is InChI=1S/C20H21N3O6/c1-3-29-14-10-8-13(9-11-14)22-19(26)18(25)21-12-17(24)23-16-7-5-4-6-15(16)20(27)28-2/h4-11H,3,12H2,1-2H3,(H,21,25)(H,22,26)(H,23,24). The number of ether oxygens (including phenoxy) is 2. The summed E-state index contributed by atoms with van der Waals surface area (Å²) in [6, 6.07) is 12.8. The molecule has 0 bridgehead atoms. The number of benzene rings is 2. The van der Waals surface area contributed by atoms with E-state index in [2.05, 4.69) is 20.7 Å². The summed E-state index contributed by atoms with van der Waals surface area (Å²) >= 11 is 0. The average molecular weight is 399 g/mol. The highest BCUT2D eigenvalue weighted by atomic mass is 16.5. The van der Waals surface area contributed by atoms with Gasteiger partial charge in [-0.15, -0.1) is 0 Å². The highest BCUT2D eigenvalue weighted by Gasteiger charge is 2.17. The molecule has 9 heteroatoms. The van der Waals surface area contributed by atoms with Crippen molar-refractivity contribution in [1.29, 1.82) is 0 Å². The second kappa shape index (κ2) is 10.5. The van der Waals surface area contributed by atoms with Gasteiger partial charge in [-0.3, -0.25) is 14.4 Å². The number of para-hydroxylation sites is 1. The first-order valence-electron chi connectivity index (χ1n) is 8.73. The molecule has 2 aromatic rings. The van der Waals surface area contributed by atoms with Crippen LogP contribution in [0.15, 0.2) is 48.5 Å². The van der Waals surface area contributed by atoms with Crippen molar-refractivity contribution < 1.29 is 28.7 Å². The first kappa shape index (κ1) is 21.4. The van der Waals surface area contributed by atoms with Gasteiger partial charge in [-0.05, 0) is 43.3 Å². The van der Waals surface area contributed by atoms with Crippen molar-refractivity contribution in [2.75, 3.05) is 30.9 Å². The third-order valence-corrected chi connectivity index (χ3v) is 3.65. The Morgan fingerprint density at radius 2 is 1.59 bits per heavy atom. The lowest BCUT2D eigenvalue weighted by Gasteiger charge is -2.10. The van der Waals surface area contributed by atoms with Gasteiger partial charge in [0.1, 0.15) is 5.75 Å². The summed E-state index contributed by atoms with van der Waals surface area (Å²) in [6.07, 6.45) is 0. The van der Waals surface area contributed by atoms with Crippen LogP contribution in [0.25, 0.3) is 0 Å². The summed E-state index contributed by atoms with van der Waals surface area (Å²) in [6.45, 7) is 1.91. The minimum Gasteiger partial charge on any atom is -0.494 e. The van der Waals surface area contributed by atoms with Crippen molar-refractivity contribution in [3.63, 3.8) is 0 Å². The van der Waals surface area contributed by atoms with Crippen LogP contribution in [0.5, 0.6) is 5.75 Å². The molecule has 0 fully saturated rings. The highest BCUT2D eigenvalue weighted by Crippen LogP contribution is 2.16. The number of methoxy groups -OCH3 is 1. The molecule has 0 atom stereocenters. The van der Waals surface area contributed by atoms with Gasteiger partial charge < -0.3 is 25.4 Å². The molecule has 3 amide bonds. The monoisotopic (exact) mass is 399 g/mol. The Balaban J connectivity index is 1.86. The minimum absolute atomic E-state index is 0.169. The zero-order chi connectivity index (χ0) is 21.2. The van der Waals surface area contributed by atoms with Crippen LogP contribution < -0.4 is 20.7 Å². The van der Waals surface area contributed by atoms with E-state index in [0.29, 0.717) is 18.0 Å². The lowest BCUT2D eigenvalue weighted by atomic mass is 10.2. The Hall–Kier alpha value is -3.88. The van der Waals surface area contributed by atoms with E-state index in [1.165, 1.54) is 19.2 Å². The maximum Gasteiger partial charge on any atom is 0.339 e. The van der Waals surface area contributed by atoms with Crippen molar-refractivity contribution in [3.8, 4) is 5.75 Å². The molecule has 0 spiro atoms. The molecule has 3 N–H and O–H groups in total. The molecule has 0 saturated carbocycles. The van der Waals surface area contributed by atoms with Crippen LogP contribution in [0.2, 0.25) is 0 Å². The average Bonchev–Trinajstić information content (AvgIpc) is 2.73. The Labute approximate surface area is 167 Å². The van der Waals surface area contributed by atoms with Gasteiger partial charge in [0.15, 0.2) is 0 Å². The number of carbonyl (C=O) groups excluding carboxylic acids is 4. The van der Waals surface area contributed by atoms with Crippen LogP contribution in [-0.2, 0) is 19.1 Å². The molecule has 0 radical (unpaired) electrons. The molecule has 0 aromatic heterocycles. The van der Waals surface area contributed by atoms with E-state index in [1.807, 2.05) is 6.92 Å². The number of hydrogen-bond acceptors (Lipinski definition) is 6. The first-order chi connectivity index (χ1) is 13.9. The van der Waals surface area contributed by atoms with Crippen molar-refractivity contribution in [3.05, 3.63) is 54.1 Å². The van der Waals surface area contributed by atoms with Crippen LogP contribution >= 0.6 is 0 Å². The van der Waals surface area contributed by atoms with Crippen LogP contribution in [0.1, 0.15) is 17.3 Å². The van der Waals surface area contributed by atoms with E-state index in [4.69, 9.17) is 4.74 Å². The second-order valence-corrected chi connectivity index (χ2v) is 5.68. The predicted molar refractivity (Wildman–Crippen MR) is 106 cm³/mol. The number of hydrogen-bond donors (Lipinski definition) is 3. The van der Waals surface area contributed by atoms with Crippen LogP contribution in [0.4, 0.5) is 11.4 Å². The van der Waals surface area contributed by atoms with E-state index in [9.17, 15) is 19.2 Å². The number of esters is 1. The minimum atomic E-state index is -0.977. The topological polar surface area (TPSA) is 123 Å². The largest absolute Gasteiger partial charge is 0.494 e. The molecule has 0 aliphatic heterocycles. The number of rotatable bonds is 7. The molecule has 2 rings (SSSR count). The molecule has 0 heterocycles. The molecule has 0 aliphatic rings. The lowest BCUT2D eigenvalue weighted by molar-refractivity contribution is -0.136. The molecule has 9 nitrogen and oxygen atoms in total. The quantitative estimate of drug-likeness (QED) is 0.480. The number of carbonyl (C=O) groups is 4. The summed E-state index contributed by atoms with van der Waals surface area (Å²) in [5, 5.41) is 7.12. The molecule has 2 aromatic carbocycles. The van der Waals surface area contributed by atoms with E-state index in [0.717, 1.165) is 0 Å². The highest BCUT2D eigenvalue weighted by molar-refractivity contribution is 6.39. The zero-order valence-corrected chi connectivity index (χ0v) is 16.0. The zero-order valence-electron chi connectivity index (χ0n) is 16.0. The molecule has 0 saturated heterocycles. The Morgan fingerprint density at radius 1 is 0.897 bits per heavy atom. The summed E-state index contributed by atoms with van der Waals surface area (Å²) < 4.78 is 9.94. The fraction of sp³-hybridized carbons (Fsp3) is 0.200. The van der Waals surface area contributed by atoms with Crippen LogP contribution in [0, 0.1) is 0 Å². The fourth-order valence-corrected chi connectivity index (χ4v) is 2.30. The van der Waals surface area contributed by atoms with Gasteiger partial charge in [-0.2, -0.15) is 0 Å². The molecule has 0 unspecified atom stereocenters. The van der Waals surface area contributed by atoms with E-state index in [1.54, 1.807) is 36.4 Å². The van der Waals surface area contributed by atoms with Crippen LogP contribution in [-0.4, -0.2) is 44.0 Å². The summed E-state index contributed by atoms with van der Waals surface area (Å²) in [7, 11) is 1.23. The second-order valence-electron chi connectivity index (χ2n) is 5.68. The molecular weight excluding hydrogens is 378 g/mol. The van der Waals surface area contributed by atoms with Crippen molar-refractivity contribution >= 4 is 35.1 Å². The van der Waals surface area contributed by atoms with Gasteiger partial charge in [0, 0.05) is 5.69 Å². The van der Waals surface area contributed by atoms with Crippen molar-refractivity contribution in [2.24, 2.45) is 0 Å². The van der Waals surface area contributed by atoms with E-state index < -0.39 is 30.2 Å². The van der Waals surface area contributed by atoms with Gasteiger partial charge in [-0.1, -0.05) is 12.1 Å². The van der Waals surface area contributed by atoms with E-state index in [-0.39, 0.29) is 11.3 Å². The van der Waals surface area contributed by atoms with Gasteiger partial charge in [-0.25, -0.2) is 4.79 Å². The number of nitrogens with one attached hydrogen (secondary N) is 3. The Kier molecular flexibility index (Phi) is 7.72. The van der Waals surface area contributed by atoms with Gasteiger partial charge >= 0.3 is 17.8 Å². The molecule has 29 heavy (non-hydrogen) atoms. The molecular formula is C20H21N3O6. The lowest BCUT2D eigenvalue weighted by Crippen LogP contribution is -2.39. The smallest absolute Gasteiger partial charge is 0.339 e. The van der Waals surface area contributed by atoms with Gasteiger partial charge in [0.05, 0.1) is 31.5 Å². The van der Waals surface area contributed by atoms with Gasteiger partial charge in [0.2, 0.25) is 5.91 Å². The number of anilines is 2. The SMILES string of the molecule is CCOc1ccc(NC(=O)C(=O)NCC(=O)Nc2ccccc2C(=O)OC)cc1. The predicted octanol–water partition coefficient (Wildman–Crippen LogP) is 1.57. The summed E-state index contributed by atoms with van der Waals surface area (Å²) in [4.78, 5) is 47.6. The summed E-state index contributed by atoms with van der Waals surface area (Å²) in [5.41, 5.74) is 0.811. The van der Waals surface area contributed by atoms with Crippen molar-refractivity contribution in [1.82, 2.24) is 5.32 Å². The normalized spacial score (nSPS) is 9.86. The van der Waals surface area contributed by atoms with Crippen molar-refractivity contribution in [2.45, 2.75) is 6.92 Å². The van der Waals surface area contributed by atoms with Gasteiger partial charge in [0.25, 0.3) is 0 Å². The molecule has 152 valence electrons. The number of amides is 3. The third kappa shape index (κ3) is 6.35. The van der Waals surface area contributed by atoms with E-state index >= 15 is 0 Å². The Bertz CT molecular complexity index is 895. The molecule has 0 aliphatic carbocycles. The maximum absolute atomic E-state index is 12.0. The maximum atomic E-state index is 12.0. The fourth-order valence-electron chi connectivity index (χ4n) is 2.30.